The molecule has 0 unspecified atom stereocenters. The summed E-state index contributed by atoms with van der Waals surface area (Å²) in [6, 6.07) is 19.3. The fraction of sp³-hybridized carbons (Fsp3) is 0.160. The van der Waals surface area contributed by atoms with Crippen molar-refractivity contribution in [2.75, 3.05) is 13.2 Å². The number of nitrogens with zero attached hydrogens (tertiary/aromatic N) is 5. The van der Waals surface area contributed by atoms with Crippen LogP contribution in [-0.2, 0) is 11.4 Å². The maximum absolute atomic E-state index is 12.3. The second kappa shape index (κ2) is 10.7. The number of aryl methyl sites for hydroxylation is 1. The van der Waals surface area contributed by atoms with Gasteiger partial charge in [0, 0.05) is 22.7 Å². The fourth-order valence-electron chi connectivity index (χ4n) is 3.81. The van der Waals surface area contributed by atoms with Crippen molar-refractivity contribution < 1.29 is 14.7 Å². The molecule has 0 aliphatic carbocycles. The molecule has 5 aromatic rings. The average molecular weight is 535 g/mol. The highest BCUT2D eigenvalue weighted by molar-refractivity contribution is 8.93. The third-order valence-corrected chi connectivity index (χ3v) is 5.48. The molecule has 10 heteroatoms. The highest BCUT2D eigenvalue weighted by Crippen LogP contribution is 2.23. The number of aliphatic hydroxyl groups is 1. The molecule has 0 bridgehead atoms. The van der Waals surface area contributed by atoms with Crippen molar-refractivity contribution in [1.82, 2.24) is 30.4 Å². The van der Waals surface area contributed by atoms with E-state index in [0.29, 0.717) is 23.3 Å². The van der Waals surface area contributed by atoms with E-state index in [4.69, 9.17) is 14.9 Å². The van der Waals surface area contributed by atoms with Gasteiger partial charge in [0.1, 0.15) is 5.52 Å². The Bertz CT molecular complexity index is 1500. The first-order valence-corrected chi connectivity index (χ1v) is 10.8. The summed E-state index contributed by atoms with van der Waals surface area (Å²) in [7, 11) is 0. The van der Waals surface area contributed by atoms with E-state index in [1.807, 2.05) is 55.5 Å². The zero-order chi connectivity index (χ0) is 23.5. The van der Waals surface area contributed by atoms with E-state index in [1.165, 1.54) is 0 Å². The maximum Gasteiger partial charge on any atom is 0.275 e. The van der Waals surface area contributed by atoms with Gasteiger partial charge in [0.2, 0.25) is 0 Å². The molecule has 3 aromatic heterocycles. The van der Waals surface area contributed by atoms with E-state index in [0.717, 1.165) is 33.3 Å². The van der Waals surface area contributed by atoms with Crippen molar-refractivity contribution in [2.45, 2.75) is 13.5 Å². The van der Waals surface area contributed by atoms with Gasteiger partial charge in [-0.15, -0.1) is 22.1 Å². The minimum Gasteiger partial charge on any atom is -0.394 e. The SMILES string of the molecule is Br.Cc1cc(-c2ccc3nnn(Cc4ccc5ncccc5c4)c3n2)ccc1C(=O)NOCCO. The summed E-state index contributed by atoms with van der Waals surface area (Å²) in [6.45, 7) is 2.24. The van der Waals surface area contributed by atoms with Crippen molar-refractivity contribution in [3.05, 3.63) is 83.6 Å². The van der Waals surface area contributed by atoms with Gasteiger partial charge in [0.25, 0.3) is 5.91 Å². The summed E-state index contributed by atoms with van der Waals surface area (Å²) < 4.78 is 1.78. The molecule has 0 saturated heterocycles. The Hall–Kier alpha value is -3.73. The summed E-state index contributed by atoms with van der Waals surface area (Å²) in [5.41, 5.74) is 8.63. The predicted octanol–water partition coefficient (Wildman–Crippen LogP) is 3.63. The van der Waals surface area contributed by atoms with Crippen LogP contribution in [0.3, 0.4) is 0 Å². The summed E-state index contributed by atoms with van der Waals surface area (Å²) in [5, 5.41) is 18.4. The molecule has 35 heavy (non-hydrogen) atoms. The summed E-state index contributed by atoms with van der Waals surface area (Å²) in [4.78, 5) is 26.4. The van der Waals surface area contributed by atoms with Crippen molar-refractivity contribution in [3.63, 3.8) is 0 Å². The van der Waals surface area contributed by atoms with Gasteiger partial charge in [0.15, 0.2) is 5.65 Å². The molecule has 2 N–H and O–H groups in total. The lowest BCUT2D eigenvalue weighted by Crippen LogP contribution is -2.25. The number of fused-ring (bicyclic) bond motifs is 2. The van der Waals surface area contributed by atoms with Gasteiger partial charge >= 0.3 is 0 Å². The van der Waals surface area contributed by atoms with Crippen molar-refractivity contribution in [1.29, 1.82) is 0 Å². The monoisotopic (exact) mass is 534 g/mol. The molecule has 0 radical (unpaired) electrons. The third kappa shape index (κ3) is 5.19. The largest absolute Gasteiger partial charge is 0.394 e. The zero-order valence-corrected chi connectivity index (χ0v) is 20.6. The normalized spacial score (nSPS) is 10.9. The summed E-state index contributed by atoms with van der Waals surface area (Å²) in [6.07, 6.45) is 1.78. The molecule has 5 rings (SSSR count). The van der Waals surface area contributed by atoms with Gasteiger partial charge in [-0.1, -0.05) is 23.4 Å². The number of benzene rings is 2. The predicted molar refractivity (Wildman–Crippen MR) is 137 cm³/mol. The van der Waals surface area contributed by atoms with E-state index >= 15 is 0 Å². The second-order valence-electron chi connectivity index (χ2n) is 7.85. The van der Waals surface area contributed by atoms with Crippen LogP contribution < -0.4 is 5.48 Å². The Labute approximate surface area is 211 Å². The van der Waals surface area contributed by atoms with E-state index in [1.54, 1.807) is 16.9 Å². The molecule has 3 heterocycles. The molecular formula is C25H23BrN6O3. The van der Waals surface area contributed by atoms with E-state index in [9.17, 15) is 4.79 Å². The molecule has 0 spiro atoms. The summed E-state index contributed by atoms with van der Waals surface area (Å²) in [5.74, 6) is -0.367. The average Bonchev–Trinajstić information content (AvgIpc) is 3.26. The topological polar surface area (TPSA) is 115 Å². The molecule has 9 nitrogen and oxygen atoms in total. The molecule has 0 saturated carbocycles. The number of hydrogen-bond acceptors (Lipinski definition) is 7. The molecule has 0 fully saturated rings. The number of nitrogens with one attached hydrogen (secondary N) is 1. The maximum atomic E-state index is 12.3. The van der Waals surface area contributed by atoms with Crippen LogP contribution in [0.2, 0.25) is 0 Å². The molecule has 178 valence electrons. The number of hydroxylamine groups is 1. The van der Waals surface area contributed by atoms with E-state index in [2.05, 4.69) is 26.8 Å². The Balaban J connectivity index is 0.00000289. The minimum atomic E-state index is -0.367. The van der Waals surface area contributed by atoms with Gasteiger partial charge in [-0.05, 0) is 60.5 Å². The van der Waals surface area contributed by atoms with Gasteiger partial charge in [-0.25, -0.2) is 15.1 Å². The molecular weight excluding hydrogens is 512 g/mol. The smallest absolute Gasteiger partial charge is 0.275 e. The van der Waals surface area contributed by atoms with Gasteiger partial charge < -0.3 is 5.11 Å². The van der Waals surface area contributed by atoms with Crippen LogP contribution in [0.4, 0.5) is 0 Å². The van der Waals surface area contributed by atoms with E-state index < -0.39 is 0 Å². The van der Waals surface area contributed by atoms with Crippen LogP contribution in [0.15, 0.2) is 66.9 Å². The number of rotatable bonds is 7. The van der Waals surface area contributed by atoms with Gasteiger partial charge in [-0.2, -0.15) is 0 Å². The summed E-state index contributed by atoms with van der Waals surface area (Å²) >= 11 is 0. The van der Waals surface area contributed by atoms with Crippen LogP contribution in [0.5, 0.6) is 0 Å². The number of halogens is 1. The van der Waals surface area contributed by atoms with Crippen LogP contribution in [-0.4, -0.2) is 49.2 Å². The lowest BCUT2D eigenvalue weighted by Gasteiger charge is -2.09. The Morgan fingerprint density at radius 2 is 1.94 bits per heavy atom. The molecule has 0 aliphatic rings. The Morgan fingerprint density at radius 3 is 2.77 bits per heavy atom. The standard InChI is InChI=1S/C25H22N6O3.BrH/c1-16-13-19(5-6-20(16)25(33)29-34-12-11-32)22-8-9-23-24(27-22)31(30-28-23)15-17-4-7-21-18(14-17)3-2-10-26-21;/h2-10,13-14,32H,11-12,15H2,1H3,(H,29,33);1H. The number of aliphatic hydroxyl groups excluding tert-OH is 1. The Kier molecular flexibility index (Phi) is 7.45. The van der Waals surface area contributed by atoms with Crippen LogP contribution in [0.25, 0.3) is 33.3 Å². The highest BCUT2D eigenvalue weighted by atomic mass is 79.9. The molecule has 2 aromatic carbocycles. The molecule has 0 atom stereocenters. The number of carbonyl (C=O) groups is 1. The van der Waals surface area contributed by atoms with Crippen molar-refractivity contribution >= 4 is 45.0 Å². The zero-order valence-electron chi connectivity index (χ0n) is 18.9. The molecule has 0 aliphatic heterocycles. The fourth-order valence-corrected chi connectivity index (χ4v) is 3.81. The second-order valence-corrected chi connectivity index (χ2v) is 7.85. The van der Waals surface area contributed by atoms with Gasteiger partial charge in [-0.3, -0.25) is 14.6 Å². The number of carbonyl (C=O) groups excluding carboxylic acids is 1. The first-order valence-electron chi connectivity index (χ1n) is 10.8. The quantitative estimate of drug-likeness (QED) is 0.242. The number of hydrogen-bond donors (Lipinski definition) is 2. The highest BCUT2D eigenvalue weighted by Gasteiger charge is 2.13. The molecule has 1 amide bonds. The number of aromatic nitrogens is 5. The van der Waals surface area contributed by atoms with Crippen LogP contribution >= 0.6 is 17.0 Å². The Morgan fingerprint density at radius 1 is 1.09 bits per heavy atom. The first kappa shape index (κ1) is 24.4. The minimum absolute atomic E-state index is 0. The van der Waals surface area contributed by atoms with E-state index in [-0.39, 0.29) is 36.1 Å². The third-order valence-electron chi connectivity index (χ3n) is 5.48. The number of pyridine rings is 2. The number of amides is 1. The lowest BCUT2D eigenvalue weighted by molar-refractivity contribution is 0.0168. The van der Waals surface area contributed by atoms with Crippen LogP contribution in [0.1, 0.15) is 21.5 Å². The first-order chi connectivity index (χ1) is 16.6. The van der Waals surface area contributed by atoms with Crippen molar-refractivity contribution in [2.24, 2.45) is 0 Å². The lowest BCUT2D eigenvalue weighted by atomic mass is 10.0. The van der Waals surface area contributed by atoms with Crippen LogP contribution in [0, 0.1) is 6.92 Å². The van der Waals surface area contributed by atoms with Crippen molar-refractivity contribution in [3.8, 4) is 11.3 Å². The van der Waals surface area contributed by atoms with Gasteiger partial charge in [0.05, 0.1) is 31.0 Å².